The Morgan fingerprint density at radius 1 is 1.50 bits per heavy atom. The number of hydrogen-bond donors (Lipinski definition) is 1. The fourth-order valence-electron chi connectivity index (χ4n) is 0.540. The smallest absolute Gasteiger partial charge is 0.235 e. The minimum atomic E-state index is 0. The quantitative estimate of drug-likeness (QED) is 0.410. The van der Waals surface area contributed by atoms with E-state index in [9.17, 15) is 4.91 Å². The van der Waals surface area contributed by atoms with Crippen LogP contribution in [-0.4, -0.2) is 4.98 Å². The molecule has 0 fully saturated rings. The molecule has 1 rings (SSSR count). The molecule has 1 aromatic rings. The summed E-state index contributed by atoms with van der Waals surface area (Å²) in [7, 11) is 0. The first-order chi connectivity index (χ1) is 5.24. The molecule has 0 aliphatic heterocycles. The van der Waals surface area contributed by atoms with Gasteiger partial charge < -0.3 is 0 Å². The zero-order valence-corrected chi connectivity index (χ0v) is 9.73. The van der Waals surface area contributed by atoms with Gasteiger partial charge in [-0.15, -0.1) is 4.91 Å². The zero-order chi connectivity index (χ0) is 8.27. The summed E-state index contributed by atoms with van der Waals surface area (Å²) >= 11 is 11.1. The fourth-order valence-corrected chi connectivity index (χ4v) is 0.962. The molecular weight excluding hydrogens is 212 g/mol. The fraction of sp³-hybridized carbons (Fsp3) is 0. The van der Waals surface area contributed by atoms with E-state index >= 15 is 0 Å². The molecule has 0 aliphatic rings. The summed E-state index contributed by atoms with van der Waals surface area (Å²) in [5.74, 6) is 0.200. The number of nitroso groups, excluding NO2 is 1. The monoisotopic (exact) mass is 214 g/mol. The summed E-state index contributed by atoms with van der Waals surface area (Å²) in [6.07, 6.45) is 1.36. The van der Waals surface area contributed by atoms with Gasteiger partial charge in [0.15, 0.2) is 5.82 Å². The van der Waals surface area contributed by atoms with Gasteiger partial charge >= 0.3 is 29.6 Å². The van der Waals surface area contributed by atoms with E-state index in [0.29, 0.717) is 5.02 Å². The summed E-state index contributed by atoms with van der Waals surface area (Å²) in [6, 6.07) is 1.46. The van der Waals surface area contributed by atoms with E-state index in [-0.39, 0.29) is 40.4 Å². The molecule has 0 saturated heterocycles. The molecule has 1 aromatic heterocycles. The Hall–Kier alpha value is 0.130. The van der Waals surface area contributed by atoms with Crippen molar-refractivity contribution in [3.8, 4) is 0 Å². The van der Waals surface area contributed by atoms with Crippen LogP contribution in [0.4, 0.5) is 5.82 Å². The molecule has 0 bridgehead atoms. The zero-order valence-electron chi connectivity index (χ0n) is 6.21. The topological polar surface area (TPSA) is 54.4 Å². The summed E-state index contributed by atoms with van der Waals surface area (Å²) in [4.78, 5) is 13.4. The van der Waals surface area contributed by atoms with Crippen LogP contribution in [-0.2, 0) is 0 Å². The molecule has 0 amide bonds. The van der Waals surface area contributed by atoms with Crippen molar-refractivity contribution in [3.05, 3.63) is 27.2 Å². The number of anilines is 1. The predicted octanol–water partition coefficient (Wildman–Crippen LogP) is -0.514. The minimum Gasteiger partial charge on any atom is -0.235 e. The van der Waals surface area contributed by atoms with Crippen LogP contribution in [0.3, 0.4) is 0 Å². The van der Waals surface area contributed by atoms with Gasteiger partial charge in [-0.3, -0.25) is 0 Å². The number of halogens is 2. The maximum atomic E-state index is 9.72. The van der Waals surface area contributed by atoms with Gasteiger partial charge in [-0.05, 0) is 6.07 Å². The second-order valence-electron chi connectivity index (χ2n) is 1.69. The molecule has 0 aliphatic carbocycles. The van der Waals surface area contributed by atoms with Crippen LogP contribution < -0.4 is 35.0 Å². The van der Waals surface area contributed by atoms with E-state index in [4.69, 9.17) is 23.2 Å². The van der Waals surface area contributed by atoms with Gasteiger partial charge in [0.1, 0.15) is 0 Å². The molecule has 0 unspecified atom stereocenters. The van der Waals surface area contributed by atoms with Crippen molar-refractivity contribution < 1.29 is 29.6 Å². The third-order valence-electron chi connectivity index (χ3n) is 0.959. The maximum Gasteiger partial charge on any atom is 1.00 e. The van der Waals surface area contributed by atoms with E-state index < -0.39 is 0 Å². The average Bonchev–Trinajstić information content (AvgIpc) is 1.95. The molecule has 1 N–H and O–H groups in total. The summed E-state index contributed by atoms with van der Waals surface area (Å²) in [6.45, 7) is 0. The maximum absolute atomic E-state index is 9.72. The van der Waals surface area contributed by atoms with Crippen LogP contribution in [0.15, 0.2) is 17.5 Å². The standard InChI is InChI=1S/C5H3Cl2N3O.Na/c6-3-1-4(7)5(8-2-3)9-10-11;/h1-2H,(H,8,9,11);/q;+1. The SMILES string of the molecule is O=NNc1ncc(Cl)cc1Cl.[Na+]. The van der Waals surface area contributed by atoms with E-state index in [1.54, 1.807) is 0 Å². The van der Waals surface area contributed by atoms with E-state index in [2.05, 4.69) is 15.7 Å². The number of nitrogens with zero attached hydrogens (tertiary/aromatic N) is 2. The van der Waals surface area contributed by atoms with Crippen molar-refractivity contribution in [2.45, 2.75) is 0 Å². The second kappa shape index (κ2) is 5.72. The first-order valence-electron chi connectivity index (χ1n) is 2.63. The second-order valence-corrected chi connectivity index (χ2v) is 2.53. The molecule has 0 radical (unpaired) electrons. The Kier molecular flexibility index (Phi) is 5.78. The Morgan fingerprint density at radius 2 is 2.17 bits per heavy atom. The van der Waals surface area contributed by atoms with Crippen molar-refractivity contribution in [2.75, 3.05) is 5.43 Å². The Balaban J connectivity index is 0.00000121. The number of rotatable bonds is 2. The summed E-state index contributed by atoms with van der Waals surface area (Å²) < 4.78 is 0. The van der Waals surface area contributed by atoms with Crippen LogP contribution in [0.25, 0.3) is 0 Å². The number of nitrogens with one attached hydrogen (secondary N) is 1. The first-order valence-corrected chi connectivity index (χ1v) is 3.39. The Labute approximate surface area is 101 Å². The summed E-state index contributed by atoms with van der Waals surface area (Å²) in [5.41, 5.74) is 2.07. The minimum absolute atomic E-state index is 0. The molecule has 0 atom stereocenters. The molecule has 12 heavy (non-hydrogen) atoms. The molecule has 0 saturated carbocycles. The molecule has 1 heterocycles. The van der Waals surface area contributed by atoms with E-state index in [0.717, 1.165) is 0 Å². The summed E-state index contributed by atoms with van der Waals surface area (Å²) in [5, 5.41) is 3.08. The van der Waals surface area contributed by atoms with Gasteiger partial charge in [0.25, 0.3) is 0 Å². The van der Waals surface area contributed by atoms with E-state index in [1.165, 1.54) is 12.3 Å². The van der Waals surface area contributed by atoms with Crippen LogP contribution in [0.2, 0.25) is 10.0 Å². The van der Waals surface area contributed by atoms with Crippen molar-refractivity contribution in [3.63, 3.8) is 0 Å². The number of aromatic nitrogens is 1. The Morgan fingerprint density at radius 3 is 2.67 bits per heavy atom. The molecule has 4 nitrogen and oxygen atoms in total. The van der Waals surface area contributed by atoms with Crippen LogP contribution >= 0.6 is 23.2 Å². The van der Waals surface area contributed by atoms with Crippen LogP contribution in [0.5, 0.6) is 0 Å². The van der Waals surface area contributed by atoms with Crippen LogP contribution in [0.1, 0.15) is 0 Å². The molecule has 7 heteroatoms. The number of hydrogen-bond acceptors (Lipinski definition) is 3. The van der Waals surface area contributed by atoms with Crippen molar-refractivity contribution in [1.82, 2.24) is 4.98 Å². The van der Waals surface area contributed by atoms with Gasteiger partial charge in [-0.25, -0.2) is 10.4 Å². The van der Waals surface area contributed by atoms with Gasteiger partial charge in [0.05, 0.1) is 15.3 Å². The average molecular weight is 215 g/mol. The molecule has 0 spiro atoms. The normalized spacial score (nSPS) is 8.50. The van der Waals surface area contributed by atoms with E-state index in [1.807, 2.05) is 0 Å². The molecule has 0 aromatic carbocycles. The molecule has 58 valence electrons. The van der Waals surface area contributed by atoms with Crippen molar-refractivity contribution >= 4 is 29.0 Å². The van der Waals surface area contributed by atoms with Crippen molar-refractivity contribution in [1.29, 1.82) is 0 Å². The third-order valence-corrected chi connectivity index (χ3v) is 1.45. The first kappa shape index (κ1) is 12.1. The number of pyridine rings is 1. The van der Waals surface area contributed by atoms with Crippen LogP contribution in [0, 0.1) is 4.91 Å². The van der Waals surface area contributed by atoms with Crippen molar-refractivity contribution in [2.24, 2.45) is 5.29 Å². The Bertz CT molecular complexity index is 283. The van der Waals surface area contributed by atoms with Gasteiger partial charge in [0.2, 0.25) is 0 Å². The predicted molar refractivity (Wildman–Crippen MR) is 43.7 cm³/mol. The third kappa shape index (κ3) is 3.25. The molecular formula is C5H3Cl2N3NaO+. The van der Waals surface area contributed by atoms with Gasteiger partial charge in [0, 0.05) is 6.20 Å². The largest absolute Gasteiger partial charge is 1.00 e. The van der Waals surface area contributed by atoms with Gasteiger partial charge in [-0.2, -0.15) is 0 Å². The van der Waals surface area contributed by atoms with Gasteiger partial charge in [-0.1, -0.05) is 23.2 Å².